The highest BCUT2D eigenvalue weighted by molar-refractivity contribution is 5.52. The van der Waals surface area contributed by atoms with E-state index in [9.17, 15) is 0 Å². The molecule has 90 valence electrons. The van der Waals surface area contributed by atoms with Crippen molar-refractivity contribution in [3.63, 3.8) is 0 Å². The maximum absolute atomic E-state index is 5.16. The van der Waals surface area contributed by atoms with Crippen LogP contribution < -0.4 is 5.32 Å². The highest BCUT2D eigenvalue weighted by Gasteiger charge is 2.11. The van der Waals surface area contributed by atoms with Gasteiger partial charge in [0.15, 0.2) is 0 Å². The van der Waals surface area contributed by atoms with E-state index in [1.54, 1.807) is 6.20 Å². The van der Waals surface area contributed by atoms with Gasteiger partial charge in [-0.1, -0.05) is 25.1 Å². The summed E-state index contributed by atoms with van der Waals surface area (Å²) >= 11 is 0. The molecule has 0 aromatic carbocycles. The highest BCUT2D eigenvalue weighted by Crippen LogP contribution is 2.16. The van der Waals surface area contributed by atoms with Crippen LogP contribution in [0.4, 0.5) is 0 Å². The summed E-state index contributed by atoms with van der Waals surface area (Å²) in [6.07, 6.45) is 1.73. The molecule has 2 aromatic heterocycles. The van der Waals surface area contributed by atoms with Crippen LogP contribution in [0.3, 0.4) is 0 Å². The van der Waals surface area contributed by atoms with Crippen LogP contribution in [0.25, 0.3) is 11.5 Å². The summed E-state index contributed by atoms with van der Waals surface area (Å²) in [6.45, 7) is 6.70. The zero-order valence-electron chi connectivity index (χ0n) is 10.3. The summed E-state index contributed by atoms with van der Waals surface area (Å²) in [7, 11) is 0. The summed E-state index contributed by atoms with van der Waals surface area (Å²) in [6, 6.07) is 4.26. The number of aromatic nitrogens is 3. The molecule has 0 unspecified atom stereocenters. The molecule has 2 rings (SSSR count). The van der Waals surface area contributed by atoms with Gasteiger partial charge in [0.1, 0.15) is 5.69 Å². The fourth-order valence-electron chi connectivity index (χ4n) is 1.43. The number of hydrogen-bond acceptors (Lipinski definition) is 5. The van der Waals surface area contributed by atoms with Crippen molar-refractivity contribution in [1.29, 1.82) is 0 Å². The molecule has 17 heavy (non-hydrogen) atoms. The van der Waals surface area contributed by atoms with Gasteiger partial charge >= 0.3 is 0 Å². The molecule has 0 aliphatic carbocycles. The third kappa shape index (κ3) is 2.88. The van der Waals surface area contributed by atoms with Crippen LogP contribution in [-0.4, -0.2) is 21.2 Å². The fraction of sp³-hybridized carbons (Fsp3) is 0.417. The van der Waals surface area contributed by atoms with Gasteiger partial charge in [0.25, 0.3) is 0 Å². The van der Waals surface area contributed by atoms with E-state index in [4.69, 9.17) is 4.52 Å². The van der Waals surface area contributed by atoms with Crippen LogP contribution in [-0.2, 0) is 6.54 Å². The number of pyridine rings is 1. The van der Waals surface area contributed by atoms with E-state index >= 15 is 0 Å². The molecular formula is C12H16N4O. The van der Waals surface area contributed by atoms with Crippen LogP contribution in [0.1, 0.15) is 25.3 Å². The van der Waals surface area contributed by atoms with Gasteiger partial charge in [0.05, 0.1) is 6.54 Å². The molecule has 0 fully saturated rings. The second kappa shape index (κ2) is 5.05. The van der Waals surface area contributed by atoms with E-state index in [1.807, 2.05) is 19.1 Å². The first-order valence-corrected chi connectivity index (χ1v) is 5.65. The molecule has 1 N–H and O–H groups in total. The van der Waals surface area contributed by atoms with Gasteiger partial charge in [0, 0.05) is 12.2 Å². The van der Waals surface area contributed by atoms with Crippen LogP contribution in [0.5, 0.6) is 0 Å². The molecular weight excluding hydrogens is 216 g/mol. The summed E-state index contributed by atoms with van der Waals surface area (Å²) in [5.41, 5.74) is 1.81. The molecule has 2 heterocycles. The molecule has 0 amide bonds. The topological polar surface area (TPSA) is 63.8 Å². The standard InChI is InChI=1S/C12H16N4O/c1-8(2)14-7-10-15-12(16-17-10)11-9(3)5-4-6-13-11/h4-6,8,14H,7H2,1-3H3. The maximum Gasteiger partial charge on any atom is 0.240 e. The highest BCUT2D eigenvalue weighted by atomic mass is 16.5. The van der Waals surface area contributed by atoms with Gasteiger partial charge in [-0.05, 0) is 18.6 Å². The van der Waals surface area contributed by atoms with E-state index in [-0.39, 0.29) is 0 Å². The van der Waals surface area contributed by atoms with Crippen LogP contribution in [0.2, 0.25) is 0 Å². The van der Waals surface area contributed by atoms with Gasteiger partial charge < -0.3 is 9.84 Å². The Balaban J connectivity index is 2.16. The lowest BCUT2D eigenvalue weighted by molar-refractivity contribution is 0.362. The van der Waals surface area contributed by atoms with Crippen molar-refractivity contribution in [2.24, 2.45) is 0 Å². The van der Waals surface area contributed by atoms with E-state index in [0.29, 0.717) is 24.3 Å². The Labute approximate surface area is 100 Å². The molecule has 0 aliphatic heterocycles. The van der Waals surface area contributed by atoms with Crippen molar-refractivity contribution >= 4 is 0 Å². The molecule has 0 atom stereocenters. The van der Waals surface area contributed by atoms with E-state index < -0.39 is 0 Å². The van der Waals surface area contributed by atoms with E-state index in [1.165, 1.54) is 0 Å². The predicted molar refractivity (Wildman–Crippen MR) is 64.2 cm³/mol. The molecule has 0 aliphatic rings. The quantitative estimate of drug-likeness (QED) is 0.872. The number of nitrogens with one attached hydrogen (secondary N) is 1. The Hall–Kier alpha value is -1.75. The lowest BCUT2D eigenvalue weighted by Gasteiger charge is -2.02. The van der Waals surface area contributed by atoms with Crippen LogP contribution >= 0.6 is 0 Å². The van der Waals surface area contributed by atoms with Gasteiger partial charge in [-0.15, -0.1) is 0 Å². The van der Waals surface area contributed by atoms with Crippen molar-refractivity contribution in [1.82, 2.24) is 20.4 Å². The summed E-state index contributed by atoms with van der Waals surface area (Å²) in [5, 5.41) is 7.16. The number of aryl methyl sites for hydroxylation is 1. The Morgan fingerprint density at radius 2 is 2.24 bits per heavy atom. The largest absolute Gasteiger partial charge is 0.337 e. The minimum atomic E-state index is 0.391. The smallest absolute Gasteiger partial charge is 0.240 e. The van der Waals surface area contributed by atoms with E-state index in [0.717, 1.165) is 11.3 Å². The second-order valence-corrected chi connectivity index (χ2v) is 4.22. The first-order valence-electron chi connectivity index (χ1n) is 5.65. The SMILES string of the molecule is Cc1cccnc1-c1noc(CNC(C)C)n1. The minimum absolute atomic E-state index is 0.391. The number of rotatable bonds is 4. The minimum Gasteiger partial charge on any atom is -0.337 e. The Morgan fingerprint density at radius 3 is 2.94 bits per heavy atom. The first kappa shape index (κ1) is 11.7. The average Bonchev–Trinajstić information content (AvgIpc) is 2.75. The van der Waals surface area contributed by atoms with Gasteiger partial charge in [-0.2, -0.15) is 4.98 Å². The Morgan fingerprint density at radius 1 is 1.41 bits per heavy atom. The summed E-state index contributed by atoms with van der Waals surface area (Å²) < 4.78 is 5.16. The lowest BCUT2D eigenvalue weighted by atomic mass is 10.2. The fourth-order valence-corrected chi connectivity index (χ4v) is 1.43. The average molecular weight is 232 g/mol. The van der Waals surface area contributed by atoms with Crippen LogP contribution in [0, 0.1) is 6.92 Å². The molecule has 0 saturated heterocycles. The monoisotopic (exact) mass is 232 g/mol. The molecule has 0 saturated carbocycles. The summed E-state index contributed by atoms with van der Waals surface area (Å²) in [5.74, 6) is 1.13. The van der Waals surface area contributed by atoms with Crippen molar-refractivity contribution in [2.45, 2.75) is 33.4 Å². The Kier molecular flexibility index (Phi) is 3.49. The Bertz CT molecular complexity index is 493. The van der Waals surface area contributed by atoms with E-state index in [2.05, 4.69) is 34.3 Å². The molecule has 5 heteroatoms. The number of nitrogens with zero attached hydrogens (tertiary/aromatic N) is 3. The zero-order valence-corrected chi connectivity index (χ0v) is 10.3. The van der Waals surface area contributed by atoms with Gasteiger partial charge in [-0.25, -0.2) is 0 Å². The molecule has 0 bridgehead atoms. The lowest BCUT2D eigenvalue weighted by Crippen LogP contribution is -2.21. The van der Waals surface area contributed by atoms with Gasteiger partial charge in [-0.3, -0.25) is 4.98 Å². The number of hydrogen-bond donors (Lipinski definition) is 1. The first-order chi connectivity index (χ1) is 8.16. The summed E-state index contributed by atoms with van der Waals surface area (Å²) in [4.78, 5) is 8.56. The third-order valence-electron chi connectivity index (χ3n) is 2.35. The molecule has 0 spiro atoms. The molecule has 0 radical (unpaired) electrons. The van der Waals surface area contributed by atoms with Crippen molar-refractivity contribution < 1.29 is 4.52 Å². The third-order valence-corrected chi connectivity index (χ3v) is 2.35. The van der Waals surface area contributed by atoms with Crippen molar-refractivity contribution in [2.75, 3.05) is 0 Å². The van der Waals surface area contributed by atoms with Gasteiger partial charge in [0.2, 0.25) is 11.7 Å². The second-order valence-electron chi connectivity index (χ2n) is 4.22. The zero-order chi connectivity index (χ0) is 12.3. The van der Waals surface area contributed by atoms with Crippen LogP contribution in [0.15, 0.2) is 22.9 Å². The predicted octanol–water partition coefficient (Wildman–Crippen LogP) is 1.94. The molecule has 2 aromatic rings. The molecule has 5 nitrogen and oxygen atoms in total. The van der Waals surface area contributed by atoms with Crippen molar-refractivity contribution in [3.05, 3.63) is 29.8 Å². The normalized spacial score (nSPS) is 11.1. The maximum atomic E-state index is 5.16. The van der Waals surface area contributed by atoms with Crippen molar-refractivity contribution in [3.8, 4) is 11.5 Å².